The van der Waals surface area contributed by atoms with Gasteiger partial charge in [-0.1, -0.05) is 18.1 Å². The van der Waals surface area contributed by atoms with Crippen molar-refractivity contribution in [2.45, 2.75) is 34.6 Å². The van der Waals surface area contributed by atoms with Gasteiger partial charge in [-0.3, -0.25) is 0 Å². The van der Waals surface area contributed by atoms with Crippen molar-refractivity contribution in [2.24, 2.45) is 0 Å². The summed E-state index contributed by atoms with van der Waals surface area (Å²) in [6.07, 6.45) is 0. The first-order valence-electron chi connectivity index (χ1n) is 3.75. The van der Waals surface area contributed by atoms with Gasteiger partial charge in [0.1, 0.15) is 0 Å². The van der Waals surface area contributed by atoms with E-state index < -0.39 is 0 Å². The SMILES string of the molecule is C[C]1C(C)=C(C)C(C)=C1C.[Ga].[HH].[HH]. The van der Waals surface area contributed by atoms with Crippen molar-refractivity contribution in [1.29, 1.82) is 0 Å². The van der Waals surface area contributed by atoms with Gasteiger partial charge in [0, 0.05) is 28.6 Å². The van der Waals surface area contributed by atoms with E-state index >= 15 is 0 Å². The van der Waals surface area contributed by atoms with Crippen molar-refractivity contribution in [3.8, 4) is 0 Å². The molecular formula is C10H19Ga. The predicted molar refractivity (Wildman–Crippen MR) is 55.6 cm³/mol. The minimum Gasteiger partial charge on any atom is -0.0589 e. The fourth-order valence-corrected chi connectivity index (χ4v) is 1.41. The molecule has 0 aliphatic heterocycles. The van der Waals surface area contributed by atoms with Gasteiger partial charge in [-0.15, -0.1) is 0 Å². The Morgan fingerprint density at radius 2 is 0.909 bits per heavy atom. The molecular weight excluding hydrogens is 190 g/mol. The maximum Gasteiger partial charge on any atom is 0.0226 e. The van der Waals surface area contributed by atoms with Gasteiger partial charge in [0.15, 0.2) is 0 Å². The van der Waals surface area contributed by atoms with Crippen LogP contribution in [-0.4, -0.2) is 19.8 Å². The number of allylic oxidation sites excluding steroid dienone is 4. The van der Waals surface area contributed by atoms with Gasteiger partial charge >= 0.3 is 0 Å². The molecule has 0 aromatic rings. The van der Waals surface area contributed by atoms with Crippen LogP contribution in [0, 0.1) is 5.92 Å². The molecule has 1 rings (SSSR count). The third-order valence-electron chi connectivity index (χ3n) is 2.81. The summed E-state index contributed by atoms with van der Waals surface area (Å²) in [5.41, 5.74) is 5.87. The van der Waals surface area contributed by atoms with E-state index in [1.807, 2.05) is 0 Å². The molecule has 4 radical (unpaired) electrons. The van der Waals surface area contributed by atoms with Crippen molar-refractivity contribution in [1.82, 2.24) is 0 Å². The molecule has 0 N–H and O–H groups in total. The molecule has 0 atom stereocenters. The average molecular weight is 209 g/mol. The normalized spacial score (nSPS) is 19.4. The fraction of sp³-hybridized carbons (Fsp3) is 0.500. The summed E-state index contributed by atoms with van der Waals surface area (Å²) < 4.78 is 0. The summed E-state index contributed by atoms with van der Waals surface area (Å²) >= 11 is 0. The summed E-state index contributed by atoms with van der Waals surface area (Å²) in [5.74, 6) is 1.47. The van der Waals surface area contributed by atoms with Crippen molar-refractivity contribution >= 4 is 19.8 Å². The van der Waals surface area contributed by atoms with E-state index in [1.54, 1.807) is 0 Å². The van der Waals surface area contributed by atoms with Crippen LogP contribution in [-0.2, 0) is 0 Å². The molecule has 1 aliphatic rings. The molecule has 0 spiro atoms. The Hall–Kier alpha value is 0.116. The van der Waals surface area contributed by atoms with Crippen molar-refractivity contribution in [3.05, 3.63) is 28.2 Å². The maximum absolute atomic E-state index is 2.20. The average Bonchev–Trinajstić information content (AvgIpc) is 2.07. The number of hydrogen-bond acceptors (Lipinski definition) is 0. The quantitative estimate of drug-likeness (QED) is 0.536. The first-order valence-corrected chi connectivity index (χ1v) is 3.75. The molecule has 0 nitrogen and oxygen atoms in total. The third kappa shape index (κ3) is 1.65. The van der Waals surface area contributed by atoms with Crippen molar-refractivity contribution < 1.29 is 2.85 Å². The minimum absolute atomic E-state index is 0. The Morgan fingerprint density at radius 1 is 0.636 bits per heavy atom. The number of hydrogen-bond donors (Lipinski definition) is 0. The van der Waals surface area contributed by atoms with Crippen molar-refractivity contribution in [3.63, 3.8) is 0 Å². The van der Waals surface area contributed by atoms with Gasteiger partial charge in [0.25, 0.3) is 0 Å². The molecule has 0 heterocycles. The zero-order valence-electron chi connectivity index (χ0n) is 8.08. The van der Waals surface area contributed by atoms with Crippen LogP contribution >= 0.6 is 0 Å². The van der Waals surface area contributed by atoms with E-state index in [9.17, 15) is 0 Å². The predicted octanol–water partition coefficient (Wildman–Crippen LogP) is 3.38. The minimum atomic E-state index is 0. The van der Waals surface area contributed by atoms with E-state index in [4.69, 9.17) is 0 Å². The topological polar surface area (TPSA) is 0 Å². The Labute approximate surface area is 85.8 Å². The molecule has 0 aromatic carbocycles. The Bertz CT molecular complexity index is 205. The van der Waals surface area contributed by atoms with Crippen LogP contribution in [0.2, 0.25) is 0 Å². The van der Waals surface area contributed by atoms with Crippen LogP contribution in [0.3, 0.4) is 0 Å². The second-order valence-corrected chi connectivity index (χ2v) is 3.12. The van der Waals surface area contributed by atoms with Gasteiger partial charge in [-0.25, -0.2) is 0 Å². The summed E-state index contributed by atoms with van der Waals surface area (Å²) in [4.78, 5) is 0. The van der Waals surface area contributed by atoms with E-state index in [0.717, 1.165) is 0 Å². The van der Waals surface area contributed by atoms with Crippen LogP contribution in [0.4, 0.5) is 0 Å². The zero-order chi connectivity index (χ0) is 7.89. The monoisotopic (exact) mass is 208 g/mol. The standard InChI is InChI=1S/C10H15.Ga.2H2/c1-6-7(2)9(4)10(5)8(6)3;;;/h1-5H3;;2*1H. The summed E-state index contributed by atoms with van der Waals surface area (Å²) in [7, 11) is 0. The Kier molecular flexibility index (Phi) is 3.72. The fourth-order valence-electron chi connectivity index (χ4n) is 1.41. The largest absolute Gasteiger partial charge is 0.0589 e. The van der Waals surface area contributed by atoms with Gasteiger partial charge in [-0.2, -0.15) is 0 Å². The second-order valence-electron chi connectivity index (χ2n) is 3.12. The molecule has 0 fully saturated rings. The summed E-state index contributed by atoms with van der Waals surface area (Å²) in [6, 6.07) is 0. The van der Waals surface area contributed by atoms with Crippen LogP contribution in [0.5, 0.6) is 0 Å². The molecule has 11 heavy (non-hydrogen) atoms. The molecule has 0 bridgehead atoms. The number of rotatable bonds is 0. The van der Waals surface area contributed by atoms with E-state index in [2.05, 4.69) is 34.6 Å². The molecule has 62 valence electrons. The summed E-state index contributed by atoms with van der Waals surface area (Å²) in [5, 5.41) is 0. The second kappa shape index (κ2) is 3.68. The summed E-state index contributed by atoms with van der Waals surface area (Å²) in [6.45, 7) is 11.0. The van der Waals surface area contributed by atoms with E-state index in [0.29, 0.717) is 0 Å². The van der Waals surface area contributed by atoms with E-state index in [1.165, 1.54) is 28.2 Å². The third-order valence-corrected chi connectivity index (χ3v) is 2.81. The molecule has 1 heteroatoms. The van der Waals surface area contributed by atoms with Crippen molar-refractivity contribution in [2.75, 3.05) is 0 Å². The maximum atomic E-state index is 2.20. The van der Waals surface area contributed by atoms with Crippen LogP contribution in [0.25, 0.3) is 0 Å². The molecule has 0 aromatic heterocycles. The zero-order valence-corrected chi connectivity index (χ0v) is 10.5. The first kappa shape index (κ1) is 11.1. The van der Waals surface area contributed by atoms with Gasteiger partial charge in [-0.05, 0) is 38.8 Å². The molecule has 1 aliphatic carbocycles. The van der Waals surface area contributed by atoms with E-state index in [-0.39, 0.29) is 22.6 Å². The van der Waals surface area contributed by atoms with Crippen LogP contribution in [0.1, 0.15) is 37.5 Å². The van der Waals surface area contributed by atoms with Gasteiger partial charge in [0.2, 0.25) is 0 Å². The first-order chi connectivity index (χ1) is 4.55. The van der Waals surface area contributed by atoms with Crippen LogP contribution < -0.4 is 0 Å². The molecule has 0 unspecified atom stereocenters. The van der Waals surface area contributed by atoms with Gasteiger partial charge in [0.05, 0.1) is 0 Å². The van der Waals surface area contributed by atoms with Crippen LogP contribution in [0.15, 0.2) is 22.3 Å². The molecule has 0 amide bonds. The molecule has 0 saturated carbocycles. The Balaban J connectivity index is -0.000000333. The van der Waals surface area contributed by atoms with Gasteiger partial charge < -0.3 is 0 Å². The smallest absolute Gasteiger partial charge is 0.0226 e. The molecule has 0 saturated heterocycles. The Morgan fingerprint density at radius 3 is 1.00 bits per heavy atom.